The second-order valence-corrected chi connectivity index (χ2v) is 4.85. The minimum Gasteiger partial charge on any atom is -0.452 e. The lowest BCUT2D eigenvalue weighted by atomic mass is 9.95. The van der Waals surface area contributed by atoms with Crippen molar-refractivity contribution in [3.63, 3.8) is 0 Å². The average Bonchev–Trinajstić information content (AvgIpc) is 2.63. The van der Waals surface area contributed by atoms with E-state index in [1.54, 1.807) is 6.07 Å². The molecule has 0 bridgehead atoms. The molecule has 0 aliphatic carbocycles. The number of hydrogen-bond donors (Lipinski definition) is 1. The first kappa shape index (κ1) is 12.3. The summed E-state index contributed by atoms with van der Waals surface area (Å²) in [5.74, 6) is 0.422. The highest BCUT2D eigenvalue weighted by Gasteiger charge is 2.18. The number of nitrogens with two attached hydrogens (primary N) is 1. The van der Waals surface area contributed by atoms with Gasteiger partial charge in [-0.2, -0.15) is 0 Å². The molecule has 0 saturated carbocycles. The zero-order valence-corrected chi connectivity index (χ0v) is 11.2. The van der Waals surface area contributed by atoms with Gasteiger partial charge in [-0.1, -0.05) is 0 Å². The molecule has 17 heavy (non-hydrogen) atoms. The minimum absolute atomic E-state index is 0.239. The molecule has 1 unspecified atom stereocenters. The maximum atomic E-state index is 13.2. The molecule has 2 aromatic rings. The topological polar surface area (TPSA) is 39.2 Å². The van der Waals surface area contributed by atoms with Crippen LogP contribution in [-0.4, -0.2) is 0 Å². The smallest absolute Gasteiger partial charge is 0.169 e. The summed E-state index contributed by atoms with van der Waals surface area (Å²) >= 11 is 3.24. The van der Waals surface area contributed by atoms with Crippen molar-refractivity contribution in [3.05, 3.63) is 57.2 Å². The number of furan rings is 1. The Kier molecular flexibility index (Phi) is 3.35. The van der Waals surface area contributed by atoms with Crippen molar-refractivity contribution < 1.29 is 8.81 Å². The van der Waals surface area contributed by atoms with E-state index in [0.29, 0.717) is 10.4 Å². The van der Waals surface area contributed by atoms with E-state index in [4.69, 9.17) is 10.2 Å². The van der Waals surface area contributed by atoms with Crippen LogP contribution in [0.25, 0.3) is 0 Å². The second-order valence-electron chi connectivity index (χ2n) is 4.07. The van der Waals surface area contributed by atoms with E-state index in [-0.39, 0.29) is 11.9 Å². The second kappa shape index (κ2) is 4.63. The van der Waals surface area contributed by atoms with Crippen molar-refractivity contribution in [2.75, 3.05) is 0 Å². The Morgan fingerprint density at radius 2 is 1.82 bits per heavy atom. The van der Waals surface area contributed by atoms with Crippen LogP contribution in [0.5, 0.6) is 0 Å². The molecule has 0 aliphatic rings. The quantitative estimate of drug-likeness (QED) is 0.914. The number of aryl methyl sites for hydroxylation is 2. The normalized spacial score (nSPS) is 12.8. The molecule has 0 radical (unpaired) electrons. The molecule has 0 spiro atoms. The van der Waals surface area contributed by atoms with Crippen molar-refractivity contribution in [2.24, 2.45) is 5.73 Å². The van der Waals surface area contributed by atoms with Crippen molar-refractivity contribution in [2.45, 2.75) is 19.9 Å². The molecule has 90 valence electrons. The fourth-order valence-electron chi connectivity index (χ4n) is 2.05. The Morgan fingerprint density at radius 1 is 1.24 bits per heavy atom. The Labute approximate surface area is 108 Å². The van der Waals surface area contributed by atoms with Crippen LogP contribution in [-0.2, 0) is 0 Å². The number of benzene rings is 1. The van der Waals surface area contributed by atoms with Crippen LogP contribution in [0.2, 0.25) is 0 Å². The fraction of sp³-hybridized carbons (Fsp3) is 0.231. The van der Waals surface area contributed by atoms with Gasteiger partial charge in [-0.3, -0.25) is 0 Å². The van der Waals surface area contributed by atoms with Crippen LogP contribution in [0, 0.1) is 19.7 Å². The third-order valence-corrected chi connectivity index (χ3v) is 3.20. The van der Waals surface area contributed by atoms with E-state index in [9.17, 15) is 4.39 Å². The number of hydrogen-bond acceptors (Lipinski definition) is 2. The SMILES string of the molecule is Cc1cc(F)cc(C)c1C(N)c1ccc(Br)o1. The molecule has 2 N–H and O–H groups in total. The van der Waals surface area contributed by atoms with Gasteiger partial charge in [0.2, 0.25) is 0 Å². The Balaban J connectivity index is 2.47. The van der Waals surface area contributed by atoms with Gasteiger partial charge in [0, 0.05) is 0 Å². The molecule has 1 aromatic heterocycles. The van der Waals surface area contributed by atoms with E-state index in [1.807, 2.05) is 19.9 Å². The Hall–Kier alpha value is -1.13. The molecule has 2 rings (SSSR count). The Bertz CT molecular complexity index is 527. The van der Waals surface area contributed by atoms with Crippen LogP contribution in [0.15, 0.2) is 33.4 Å². The van der Waals surface area contributed by atoms with Crippen molar-refractivity contribution in [1.82, 2.24) is 0 Å². The average molecular weight is 298 g/mol. The van der Waals surface area contributed by atoms with Crippen molar-refractivity contribution in [1.29, 1.82) is 0 Å². The van der Waals surface area contributed by atoms with Crippen LogP contribution in [0.4, 0.5) is 4.39 Å². The zero-order valence-electron chi connectivity index (χ0n) is 9.63. The van der Waals surface area contributed by atoms with Crippen molar-refractivity contribution >= 4 is 15.9 Å². The van der Waals surface area contributed by atoms with E-state index in [0.717, 1.165) is 16.7 Å². The molecule has 0 saturated heterocycles. The first-order valence-electron chi connectivity index (χ1n) is 5.26. The molecule has 2 nitrogen and oxygen atoms in total. The van der Waals surface area contributed by atoms with Gasteiger partial charge >= 0.3 is 0 Å². The third-order valence-electron chi connectivity index (χ3n) is 2.77. The summed E-state index contributed by atoms with van der Waals surface area (Å²) in [6.07, 6.45) is 0. The molecule has 4 heteroatoms. The van der Waals surface area contributed by atoms with Gasteiger partial charge in [0.15, 0.2) is 4.67 Å². The van der Waals surface area contributed by atoms with E-state index in [1.165, 1.54) is 12.1 Å². The predicted octanol–water partition coefficient (Wildman–Crippen LogP) is 3.85. The van der Waals surface area contributed by atoms with Gasteiger partial charge in [-0.25, -0.2) is 4.39 Å². The first-order valence-corrected chi connectivity index (χ1v) is 6.06. The third kappa shape index (κ3) is 2.42. The standard InChI is InChI=1S/C13H13BrFNO/c1-7-5-9(15)6-8(2)12(7)13(16)10-3-4-11(14)17-10/h3-6,13H,16H2,1-2H3. The van der Waals surface area contributed by atoms with Crippen LogP contribution in [0.1, 0.15) is 28.5 Å². The number of halogens is 2. The molecular formula is C13H13BrFNO. The van der Waals surface area contributed by atoms with Gasteiger partial charge in [0.1, 0.15) is 11.6 Å². The van der Waals surface area contributed by atoms with Gasteiger partial charge in [0.05, 0.1) is 6.04 Å². The van der Waals surface area contributed by atoms with Gasteiger partial charge in [0.25, 0.3) is 0 Å². The van der Waals surface area contributed by atoms with E-state index >= 15 is 0 Å². The highest BCUT2D eigenvalue weighted by Crippen LogP contribution is 2.29. The summed E-state index contributed by atoms with van der Waals surface area (Å²) in [5.41, 5.74) is 8.73. The minimum atomic E-state index is -0.373. The summed E-state index contributed by atoms with van der Waals surface area (Å²) in [7, 11) is 0. The lowest BCUT2D eigenvalue weighted by Gasteiger charge is -2.15. The molecule has 0 aliphatic heterocycles. The molecule has 0 fully saturated rings. The summed E-state index contributed by atoms with van der Waals surface area (Å²) in [6, 6.07) is 6.21. The summed E-state index contributed by atoms with van der Waals surface area (Å²) < 4.78 is 19.3. The predicted molar refractivity (Wildman–Crippen MR) is 68.3 cm³/mol. The van der Waals surface area contributed by atoms with Gasteiger partial charge in [-0.15, -0.1) is 0 Å². The largest absolute Gasteiger partial charge is 0.452 e. The highest BCUT2D eigenvalue weighted by atomic mass is 79.9. The van der Waals surface area contributed by atoms with E-state index in [2.05, 4.69) is 15.9 Å². The van der Waals surface area contributed by atoms with E-state index < -0.39 is 0 Å². The first-order chi connectivity index (χ1) is 7.99. The maximum absolute atomic E-state index is 13.2. The lowest BCUT2D eigenvalue weighted by Crippen LogP contribution is -2.14. The van der Waals surface area contributed by atoms with Crippen LogP contribution < -0.4 is 5.73 Å². The Morgan fingerprint density at radius 3 is 2.29 bits per heavy atom. The molecule has 1 heterocycles. The van der Waals surface area contributed by atoms with Gasteiger partial charge < -0.3 is 10.2 Å². The number of rotatable bonds is 2. The summed E-state index contributed by atoms with van der Waals surface area (Å²) in [5, 5.41) is 0. The van der Waals surface area contributed by atoms with Crippen molar-refractivity contribution in [3.8, 4) is 0 Å². The highest BCUT2D eigenvalue weighted by molar-refractivity contribution is 9.10. The maximum Gasteiger partial charge on any atom is 0.169 e. The molecule has 1 atom stereocenters. The van der Waals surface area contributed by atoms with Crippen LogP contribution in [0.3, 0.4) is 0 Å². The molecular weight excluding hydrogens is 285 g/mol. The van der Waals surface area contributed by atoms with Crippen LogP contribution >= 0.6 is 15.9 Å². The molecule has 0 amide bonds. The zero-order chi connectivity index (χ0) is 12.6. The summed E-state index contributed by atoms with van der Waals surface area (Å²) in [6.45, 7) is 3.70. The lowest BCUT2D eigenvalue weighted by molar-refractivity contribution is 0.469. The summed E-state index contributed by atoms with van der Waals surface area (Å²) in [4.78, 5) is 0. The fourth-order valence-corrected chi connectivity index (χ4v) is 2.37. The van der Waals surface area contributed by atoms with Gasteiger partial charge in [-0.05, 0) is 70.7 Å². The molecule has 1 aromatic carbocycles. The monoisotopic (exact) mass is 297 g/mol.